The van der Waals surface area contributed by atoms with Crippen LogP contribution in [0.2, 0.25) is 0 Å². The third-order valence-electron chi connectivity index (χ3n) is 12.1. The van der Waals surface area contributed by atoms with Gasteiger partial charge < -0.3 is 20.6 Å². The van der Waals surface area contributed by atoms with E-state index in [1.54, 1.807) is 0 Å². The van der Waals surface area contributed by atoms with Crippen LogP contribution in [0.5, 0.6) is 0 Å². The summed E-state index contributed by atoms with van der Waals surface area (Å²) in [5, 5.41) is 33.5. The summed E-state index contributed by atoms with van der Waals surface area (Å²) in [6.07, 6.45) is 56.3. The first-order chi connectivity index (χ1) is 27.5. The number of aliphatic hydroxyl groups is 3. The highest BCUT2D eigenvalue weighted by Gasteiger charge is 2.21. The van der Waals surface area contributed by atoms with Crippen LogP contribution in [0.1, 0.15) is 284 Å². The van der Waals surface area contributed by atoms with Crippen molar-refractivity contribution in [1.29, 1.82) is 0 Å². The third kappa shape index (κ3) is 42.7. The fraction of sp³-hybridized carbons (Fsp3) is 0.941. The highest BCUT2D eigenvalue weighted by Crippen LogP contribution is 2.17. The molecule has 0 saturated heterocycles. The molecule has 0 rings (SSSR count). The number of nitrogens with one attached hydrogen (secondary N) is 1. The van der Waals surface area contributed by atoms with Crippen LogP contribution in [0, 0.1) is 0 Å². The van der Waals surface area contributed by atoms with Gasteiger partial charge in [-0.1, -0.05) is 251 Å². The zero-order valence-electron chi connectivity index (χ0n) is 38.0. The van der Waals surface area contributed by atoms with E-state index in [9.17, 15) is 20.1 Å². The molecule has 0 aliphatic carbocycles. The van der Waals surface area contributed by atoms with Crippen molar-refractivity contribution in [3.8, 4) is 0 Å². The fourth-order valence-corrected chi connectivity index (χ4v) is 8.17. The number of amides is 1. The molecule has 4 N–H and O–H groups in total. The number of hydrogen-bond acceptors (Lipinski definition) is 4. The Morgan fingerprint density at radius 2 is 0.714 bits per heavy atom. The van der Waals surface area contributed by atoms with E-state index < -0.39 is 18.2 Å². The number of aliphatic hydroxyl groups excluding tert-OH is 3. The Labute approximate surface area is 350 Å². The minimum absolute atomic E-state index is 0.0369. The van der Waals surface area contributed by atoms with Crippen molar-refractivity contribution in [2.45, 2.75) is 302 Å². The van der Waals surface area contributed by atoms with Crippen molar-refractivity contribution in [2.24, 2.45) is 0 Å². The molecule has 3 unspecified atom stereocenters. The standard InChI is InChI=1S/C51H101NO4/c1-3-5-7-9-11-13-15-17-19-21-23-24-25-26-27-28-30-32-34-36-38-40-42-44-48(54)46-51(56)52-49(47-53)50(55)45-43-41-39-37-35-33-31-29-22-20-18-16-14-12-10-8-6-4-2/h26-27,48-50,53-55H,3-25,28-47H2,1-2H3,(H,52,56)/b27-26-. The second-order valence-electron chi connectivity index (χ2n) is 17.8. The lowest BCUT2D eigenvalue weighted by atomic mass is 10.0. The van der Waals surface area contributed by atoms with E-state index in [0.717, 1.165) is 25.7 Å². The van der Waals surface area contributed by atoms with E-state index in [0.29, 0.717) is 12.8 Å². The quantitative estimate of drug-likeness (QED) is 0.0365. The van der Waals surface area contributed by atoms with Crippen LogP contribution in [-0.4, -0.2) is 46.1 Å². The van der Waals surface area contributed by atoms with Crippen molar-refractivity contribution in [3.05, 3.63) is 12.2 Å². The number of allylic oxidation sites excluding steroid dienone is 2. The number of hydrogen-bond donors (Lipinski definition) is 4. The van der Waals surface area contributed by atoms with Crippen LogP contribution in [0.4, 0.5) is 0 Å². The molecule has 0 aliphatic rings. The number of unbranched alkanes of at least 4 members (excludes halogenated alkanes) is 36. The Balaban J connectivity index is 3.55. The summed E-state index contributed by atoms with van der Waals surface area (Å²) in [5.41, 5.74) is 0. The Bertz CT molecular complexity index is 788. The third-order valence-corrected chi connectivity index (χ3v) is 12.1. The van der Waals surface area contributed by atoms with Crippen LogP contribution in [0.15, 0.2) is 12.2 Å². The lowest BCUT2D eigenvalue weighted by Crippen LogP contribution is -2.46. The predicted molar refractivity (Wildman–Crippen MR) is 245 cm³/mol. The number of rotatable bonds is 47. The molecule has 5 heteroatoms. The van der Waals surface area contributed by atoms with Crippen LogP contribution < -0.4 is 5.32 Å². The van der Waals surface area contributed by atoms with Crippen LogP contribution in [0.3, 0.4) is 0 Å². The maximum atomic E-state index is 12.5. The van der Waals surface area contributed by atoms with Gasteiger partial charge in [-0.2, -0.15) is 0 Å². The zero-order chi connectivity index (χ0) is 40.8. The molecule has 0 aliphatic heterocycles. The summed E-state index contributed by atoms with van der Waals surface area (Å²) in [7, 11) is 0. The maximum absolute atomic E-state index is 12.5. The summed E-state index contributed by atoms with van der Waals surface area (Å²) in [6, 6.07) is -0.657. The lowest BCUT2D eigenvalue weighted by molar-refractivity contribution is -0.125. The normalized spacial score (nSPS) is 13.4. The van der Waals surface area contributed by atoms with Gasteiger partial charge in [0.1, 0.15) is 0 Å². The van der Waals surface area contributed by atoms with Crippen LogP contribution >= 0.6 is 0 Å². The number of carbonyl (C=O) groups is 1. The summed E-state index contributed by atoms with van der Waals surface area (Å²) >= 11 is 0. The van der Waals surface area contributed by atoms with Gasteiger partial charge in [-0.05, 0) is 38.5 Å². The topological polar surface area (TPSA) is 89.8 Å². The Morgan fingerprint density at radius 1 is 0.429 bits per heavy atom. The smallest absolute Gasteiger partial charge is 0.222 e. The van der Waals surface area contributed by atoms with Gasteiger partial charge in [0.05, 0.1) is 31.3 Å². The van der Waals surface area contributed by atoms with E-state index in [2.05, 4.69) is 31.3 Å². The molecule has 0 fully saturated rings. The minimum Gasteiger partial charge on any atom is -0.394 e. The first-order valence-corrected chi connectivity index (χ1v) is 25.5. The highest BCUT2D eigenvalue weighted by molar-refractivity contribution is 5.76. The first-order valence-electron chi connectivity index (χ1n) is 25.5. The minimum atomic E-state index is -0.748. The first kappa shape index (κ1) is 55.1. The fourth-order valence-electron chi connectivity index (χ4n) is 8.17. The van der Waals surface area contributed by atoms with Gasteiger partial charge in [-0.3, -0.25) is 4.79 Å². The summed E-state index contributed by atoms with van der Waals surface area (Å²) in [4.78, 5) is 12.5. The number of carbonyl (C=O) groups excluding carboxylic acids is 1. The molecule has 0 aromatic carbocycles. The van der Waals surface area contributed by atoms with E-state index in [-0.39, 0.29) is 18.9 Å². The molecule has 3 atom stereocenters. The molecule has 0 saturated carbocycles. The highest BCUT2D eigenvalue weighted by atomic mass is 16.3. The second kappa shape index (κ2) is 46.8. The van der Waals surface area contributed by atoms with Gasteiger partial charge in [0.2, 0.25) is 5.91 Å². The summed E-state index contributed by atoms with van der Waals surface area (Å²) < 4.78 is 0. The average Bonchev–Trinajstić information content (AvgIpc) is 3.19. The molecule has 5 nitrogen and oxygen atoms in total. The van der Waals surface area contributed by atoms with Crippen molar-refractivity contribution >= 4 is 5.91 Å². The van der Waals surface area contributed by atoms with Crippen LogP contribution in [-0.2, 0) is 4.79 Å². The maximum Gasteiger partial charge on any atom is 0.222 e. The molecular weight excluding hydrogens is 691 g/mol. The lowest BCUT2D eigenvalue weighted by Gasteiger charge is -2.23. The second-order valence-corrected chi connectivity index (χ2v) is 17.8. The molecule has 0 aromatic rings. The zero-order valence-corrected chi connectivity index (χ0v) is 38.0. The Morgan fingerprint density at radius 3 is 1.04 bits per heavy atom. The monoisotopic (exact) mass is 792 g/mol. The van der Waals surface area contributed by atoms with Gasteiger partial charge >= 0.3 is 0 Å². The van der Waals surface area contributed by atoms with E-state index in [1.165, 1.54) is 225 Å². The summed E-state index contributed by atoms with van der Waals surface area (Å²) in [6.45, 7) is 4.29. The van der Waals surface area contributed by atoms with Crippen molar-refractivity contribution in [3.63, 3.8) is 0 Å². The van der Waals surface area contributed by atoms with E-state index in [4.69, 9.17) is 0 Å². The van der Waals surface area contributed by atoms with Gasteiger partial charge in [-0.15, -0.1) is 0 Å². The molecule has 0 radical (unpaired) electrons. The van der Waals surface area contributed by atoms with Crippen molar-refractivity contribution in [2.75, 3.05) is 6.61 Å². The van der Waals surface area contributed by atoms with E-state index >= 15 is 0 Å². The molecule has 56 heavy (non-hydrogen) atoms. The molecule has 1 amide bonds. The van der Waals surface area contributed by atoms with E-state index in [1.807, 2.05) is 0 Å². The molecule has 0 aromatic heterocycles. The molecular formula is C51H101NO4. The largest absolute Gasteiger partial charge is 0.394 e. The average molecular weight is 792 g/mol. The SMILES string of the molecule is CCCCCCCCCCCCCC/C=C\CCCCCCCCCC(O)CC(=O)NC(CO)C(O)CCCCCCCCCCCCCCCCCCCC. The summed E-state index contributed by atoms with van der Waals surface area (Å²) in [5.74, 6) is -0.281. The molecule has 334 valence electrons. The van der Waals surface area contributed by atoms with Gasteiger partial charge in [0.15, 0.2) is 0 Å². The Hall–Kier alpha value is -0.910. The molecule has 0 heterocycles. The van der Waals surface area contributed by atoms with Crippen molar-refractivity contribution < 1.29 is 20.1 Å². The Kier molecular flexibility index (Phi) is 46.0. The van der Waals surface area contributed by atoms with Crippen molar-refractivity contribution in [1.82, 2.24) is 5.32 Å². The predicted octanol–water partition coefficient (Wildman–Crippen LogP) is 15.2. The molecule has 0 bridgehead atoms. The molecule has 0 spiro atoms. The van der Waals surface area contributed by atoms with Gasteiger partial charge in [0.25, 0.3) is 0 Å². The van der Waals surface area contributed by atoms with Crippen LogP contribution in [0.25, 0.3) is 0 Å². The van der Waals surface area contributed by atoms with Gasteiger partial charge in [-0.25, -0.2) is 0 Å². The van der Waals surface area contributed by atoms with Gasteiger partial charge in [0, 0.05) is 0 Å².